The van der Waals surface area contributed by atoms with Crippen LogP contribution in [0.3, 0.4) is 0 Å². The van der Waals surface area contributed by atoms with Gasteiger partial charge in [0, 0.05) is 5.56 Å². The van der Waals surface area contributed by atoms with Gasteiger partial charge in [-0.25, -0.2) is 13.6 Å². The SMILES string of the molecule is COc1ccc(Cc2cccc(Cc3ccc(OC)cc3)c2-c2nnn(Cc3ccc(OC)cc3)n2)cc1.N[SH](=O)=O. The molecule has 11 heteroatoms. The van der Waals surface area contributed by atoms with Gasteiger partial charge < -0.3 is 14.2 Å². The van der Waals surface area contributed by atoms with E-state index in [0.717, 1.165) is 52.3 Å². The molecule has 218 valence electrons. The minimum absolute atomic E-state index is 0.519. The second kappa shape index (κ2) is 14.8. The average Bonchev–Trinajstić information content (AvgIpc) is 3.46. The smallest absolute Gasteiger partial charge is 0.205 e. The highest BCUT2D eigenvalue weighted by Gasteiger charge is 2.17. The first-order valence-electron chi connectivity index (χ1n) is 13.0. The van der Waals surface area contributed by atoms with E-state index in [1.165, 1.54) is 11.1 Å². The molecule has 0 unspecified atom stereocenters. The van der Waals surface area contributed by atoms with Crippen molar-refractivity contribution in [2.75, 3.05) is 21.3 Å². The topological polar surface area (TPSA) is 131 Å². The van der Waals surface area contributed by atoms with Gasteiger partial charge in [0.05, 0.1) is 27.9 Å². The van der Waals surface area contributed by atoms with Crippen LogP contribution in [0.1, 0.15) is 27.8 Å². The van der Waals surface area contributed by atoms with Gasteiger partial charge in [0.1, 0.15) is 17.2 Å². The molecule has 0 aliphatic heterocycles. The summed E-state index contributed by atoms with van der Waals surface area (Å²) < 4.78 is 33.6. The summed E-state index contributed by atoms with van der Waals surface area (Å²) in [5, 5.41) is 17.7. The summed E-state index contributed by atoms with van der Waals surface area (Å²) in [4.78, 5) is 1.64. The van der Waals surface area contributed by atoms with E-state index in [1.807, 2.05) is 48.5 Å². The number of thiol groups is 1. The molecule has 5 rings (SSSR count). The monoisotopic (exact) mass is 587 g/mol. The van der Waals surface area contributed by atoms with Crippen LogP contribution < -0.4 is 19.3 Å². The lowest BCUT2D eigenvalue weighted by atomic mass is 9.92. The van der Waals surface area contributed by atoms with E-state index in [-0.39, 0.29) is 0 Å². The predicted molar refractivity (Wildman–Crippen MR) is 161 cm³/mol. The fourth-order valence-corrected chi connectivity index (χ4v) is 4.47. The molecule has 0 aliphatic carbocycles. The van der Waals surface area contributed by atoms with Crippen molar-refractivity contribution in [3.05, 3.63) is 119 Å². The Bertz CT molecular complexity index is 1580. The standard InChI is InChI=1S/C31H30N4O3.H3NO2S/c1-36-27-13-7-22(8-14-27)19-25-5-4-6-26(20-23-9-15-28(37-2)16-10-23)30(25)31-32-34-35(33-31)21-24-11-17-29(38-3)18-12-24;1-4(2)3/h4-18H,19-21H2,1-3H3;4H,(H2,1,2,3). The summed E-state index contributed by atoms with van der Waals surface area (Å²) in [7, 11) is 2.39. The molecule has 5 aromatic rings. The van der Waals surface area contributed by atoms with Gasteiger partial charge in [0.2, 0.25) is 5.82 Å². The van der Waals surface area contributed by atoms with Crippen LogP contribution in [0.15, 0.2) is 91.0 Å². The van der Waals surface area contributed by atoms with Gasteiger partial charge in [0.15, 0.2) is 10.9 Å². The Kier molecular flexibility index (Phi) is 10.6. The molecule has 0 saturated heterocycles. The third-order valence-electron chi connectivity index (χ3n) is 6.50. The lowest BCUT2D eigenvalue weighted by molar-refractivity contribution is 0.414. The fraction of sp³-hybridized carbons (Fsp3) is 0.194. The van der Waals surface area contributed by atoms with Crippen LogP contribution in [0, 0.1) is 0 Å². The number of aromatic nitrogens is 4. The van der Waals surface area contributed by atoms with Crippen molar-refractivity contribution in [1.29, 1.82) is 0 Å². The van der Waals surface area contributed by atoms with Gasteiger partial charge in [-0.3, -0.25) is 0 Å². The van der Waals surface area contributed by atoms with Gasteiger partial charge in [0.25, 0.3) is 0 Å². The van der Waals surface area contributed by atoms with E-state index in [2.05, 4.69) is 57.9 Å². The summed E-state index contributed by atoms with van der Waals surface area (Å²) in [6.45, 7) is 0.519. The normalized spacial score (nSPS) is 10.6. The van der Waals surface area contributed by atoms with Crippen LogP contribution >= 0.6 is 0 Å². The zero-order chi connectivity index (χ0) is 29.9. The lowest BCUT2D eigenvalue weighted by Gasteiger charge is -2.13. The second-order valence-electron chi connectivity index (χ2n) is 9.28. The summed E-state index contributed by atoms with van der Waals surface area (Å²) >= 11 is 0. The van der Waals surface area contributed by atoms with Crippen LogP contribution in [-0.4, -0.2) is 50.0 Å². The van der Waals surface area contributed by atoms with E-state index in [9.17, 15) is 0 Å². The number of hydrogen-bond donors (Lipinski definition) is 2. The molecular weight excluding hydrogens is 554 g/mol. The molecule has 0 spiro atoms. The van der Waals surface area contributed by atoms with Gasteiger partial charge in [-0.05, 0) is 82.3 Å². The Morgan fingerprint density at radius 3 is 1.48 bits per heavy atom. The number of nitrogens with zero attached hydrogens (tertiary/aromatic N) is 4. The third-order valence-corrected chi connectivity index (χ3v) is 6.50. The molecule has 0 saturated carbocycles. The average molecular weight is 588 g/mol. The number of nitrogens with two attached hydrogens (primary N) is 1. The molecule has 0 aliphatic rings. The van der Waals surface area contributed by atoms with Crippen molar-refractivity contribution in [2.24, 2.45) is 5.14 Å². The maximum Gasteiger partial charge on any atom is 0.205 e. The molecule has 42 heavy (non-hydrogen) atoms. The van der Waals surface area contributed by atoms with Gasteiger partial charge >= 0.3 is 0 Å². The van der Waals surface area contributed by atoms with Crippen molar-refractivity contribution >= 4 is 10.9 Å². The molecule has 0 fully saturated rings. The van der Waals surface area contributed by atoms with Crippen molar-refractivity contribution in [1.82, 2.24) is 20.2 Å². The first-order valence-corrected chi connectivity index (χ1v) is 14.3. The third kappa shape index (κ3) is 8.38. The molecule has 2 N–H and O–H groups in total. The molecule has 10 nitrogen and oxygen atoms in total. The predicted octanol–water partition coefficient (Wildman–Crippen LogP) is 4.07. The zero-order valence-corrected chi connectivity index (χ0v) is 24.5. The molecule has 1 aromatic heterocycles. The van der Waals surface area contributed by atoms with Crippen molar-refractivity contribution in [3.8, 4) is 28.6 Å². The fourth-order valence-electron chi connectivity index (χ4n) is 4.47. The molecule has 0 amide bonds. The number of ether oxygens (including phenoxy) is 3. The molecule has 0 bridgehead atoms. The van der Waals surface area contributed by atoms with E-state index in [0.29, 0.717) is 12.4 Å². The number of hydrogen-bond acceptors (Lipinski definition) is 8. The number of benzene rings is 4. The Labute approximate surface area is 246 Å². The lowest BCUT2D eigenvalue weighted by Crippen LogP contribution is -2.04. The maximum atomic E-state index is 8.81. The van der Waals surface area contributed by atoms with Gasteiger partial charge in [-0.15, -0.1) is 10.2 Å². The highest BCUT2D eigenvalue weighted by Crippen LogP contribution is 2.30. The largest absolute Gasteiger partial charge is 0.497 e. The molecule has 4 aromatic carbocycles. The van der Waals surface area contributed by atoms with Crippen LogP contribution in [0.2, 0.25) is 0 Å². The van der Waals surface area contributed by atoms with E-state index in [1.54, 1.807) is 26.1 Å². The van der Waals surface area contributed by atoms with Crippen LogP contribution in [0.5, 0.6) is 17.2 Å². The second-order valence-corrected chi connectivity index (χ2v) is 9.85. The Balaban J connectivity index is 0.000000952. The van der Waals surface area contributed by atoms with Crippen molar-refractivity contribution < 1.29 is 22.6 Å². The summed E-state index contributed by atoms with van der Waals surface area (Å²) in [6.07, 6.45) is 1.48. The summed E-state index contributed by atoms with van der Waals surface area (Å²) in [6, 6.07) is 30.6. The first kappa shape index (κ1) is 30.2. The number of tetrazole rings is 1. The maximum absolute atomic E-state index is 8.81. The minimum atomic E-state index is -2.62. The number of rotatable bonds is 10. The van der Waals surface area contributed by atoms with E-state index < -0.39 is 10.9 Å². The Morgan fingerprint density at radius 1 is 0.667 bits per heavy atom. The Hall–Kier alpha value is -4.74. The first-order chi connectivity index (χ1) is 20.4. The van der Waals surface area contributed by atoms with Crippen LogP contribution in [0.4, 0.5) is 0 Å². The quantitative estimate of drug-likeness (QED) is 0.234. The molecule has 1 heterocycles. The van der Waals surface area contributed by atoms with Gasteiger partial charge in [-0.2, -0.15) is 4.80 Å². The van der Waals surface area contributed by atoms with E-state index >= 15 is 0 Å². The van der Waals surface area contributed by atoms with Crippen molar-refractivity contribution in [3.63, 3.8) is 0 Å². The summed E-state index contributed by atoms with van der Waals surface area (Å²) in [5.74, 6) is 3.11. The zero-order valence-electron chi connectivity index (χ0n) is 23.6. The number of methoxy groups -OCH3 is 3. The summed E-state index contributed by atoms with van der Waals surface area (Å²) in [5.41, 5.74) is 6.73. The van der Waals surface area contributed by atoms with E-state index in [4.69, 9.17) is 27.7 Å². The van der Waals surface area contributed by atoms with Crippen LogP contribution in [0.25, 0.3) is 11.4 Å². The van der Waals surface area contributed by atoms with Gasteiger partial charge in [-0.1, -0.05) is 54.6 Å². The van der Waals surface area contributed by atoms with Crippen LogP contribution in [-0.2, 0) is 30.3 Å². The highest BCUT2D eigenvalue weighted by atomic mass is 32.2. The Morgan fingerprint density at radius 2 is 1.07 bits per heavy atom. The molecule has 0 radical (unpaired) electrons. The minimum Gasteiger partial charge on any atom is -0.497 e. The highest BCUT2D eigenvalue weighted by molar-refractivity contribution is 7.69. The molecule has 0 atom stereocenters. The molecular formula is C31H33N5O5S. The van der Waals surface area contributed by atoms with Crippen molar-refractivity contribution in [2.45, 2.75) is 19.4 Å².